The van der Waals surface area contributed by atoms with E-state index in [0.29, 0.717) is 23.8 Å². The second-order valence-electron chi connectivity index (χ2n) is 3.88. The molecule has 0 aliphatic rings. The number of anilines is 2. The van der Waals surface area contributed by atoms with Gasteiger partial charge in [-0.25, -0.2) is 4.79 Å². The molecule has 1 rings (SSSR count). The highest BCUT2D eigenvalue weighted by molar-refractivity contribution is 5.86. The summed E-state index contributed by atoms with van der Waals surface area (Å²) in [4.78, 5) is 12.3. The minimum atomic E-state index is -0.937. The monoisotopic (exact) mass is 208 g/mol. The van der Waals surface area contributed by atoms with Gasteiger partial charge in [-0.05, 0) is 30.2 Å². The van der Waals surface area contributed by atoms with Crippen LogP contribution in [0.1, 0.15) is 13.8 Å². The van der Waals surface area contributed by atoms with Crippen LogP contribution in [0, 0.1) is 5.92 Å². The van der Waals surface area contributed by atoms with E-state index in [1.807, 2.05) is 13.8 Å². The summed E-state index contributed by atoms with van der Waals surface area (Å²) in [5, 5.41) is 9.04. The van der Waals surface area contributed by atoms with Crippen molar-refractivity contribution in [1.29, 1.82) is 0 Å². The molecular weight excluding hydrogens is 192 g/mol. The highest BCUT2D eigenvalue weighted by Gasteiger charge is 2.15. The van der Waals surface area contributed by atoms with Crippen LogP contribution in [-0.4, -0.2) is 17.7 Å². The molecule has 4 heteroatoms. The summed E-state index contributed by atoms with van der Waals surface area (Å²) in [6.45, 7) is 4.44. The van der Waals surface area contributed by atoms with E-state index in [1.54, 1.807) is 24.3 Å². The van der Waals surface area contributed by atoms with Crippen molar-refractivity contribution in [1.82, 2.24) is 0 Å². The summed E-state index contributed by atoms with van der Waals surface area (Å²) in [6.07, 6.45) is -0.937. The summed E-state index contributed by atoms with van der Waals surface area (Å²) in [7, 11) is 0. The molecule has 1 amide bonds. The lowest BCUT2D eigenvalue weighted by Crippen LogP contribution is -2.32. The van der Waals surface area contributed by atoms with Gasteiger partial charge in [0.05, 0.1) is 0 Å². The van der Waals surface area contributed by atoms with E-state index in [2.05, 4.69) is 0 Å². The third-order valence-electron chi connectivity index (χ3n) is 1.98. The largest absolute Gasteiger partial charge is 0.465 e. The summed E-state index contributed by atoms with van der Waals surface area (Å²) < 4.78 is 0. The number of nitrogens with zero attached hydrogens (tertiary/aromatic N) is 1. The first kappa shape index (κ1) is 11.4. The first-order valence-electron chi connectivity index (χ1n) is 4.86. The van der Waals surface area contributed by atoms with E-state index in [4.69, 9.17) is 10.8 Å². The molecule has 4 nitrogen and oxygen atoms in total. The minimum absolute atomic E-state index is 0.290. The van der Waals surface area contributed by atoms with Gasteiger partial charge in [0.25, 0.3) is 0 Å². The molecule has 0 saturated carbocycles. The maximum absolute atomic E-state index is 11.0. The molecule has 0 radical (unpaired) electrons. The summed E-state index contributed by atoms with van der Waals surface area (Å²) >= 11 is 0. The van der Waals surface area contributed by atoms with Gasteiger partial charge in [-0.2, -0.15) is 0 Å². The van der Waals surface area contributed by atoms with Crippen LogP contribution in [-0.2, 0) is 0 Å². The second kappa shape index (κ2) is 4.68. The zero-order chi connectivity index (χ0) is 11.4. The molecule has 0 aromatic heterocycles. The zero-order valence-electron chi connectivity index (χ0n) is 8.97. The van der Waals surface area contributed by atoms with Crippen LogP contribution in [0.25, 0.3) is 0 Å². The number of rotatable bonds is 3. The molecule has 0 fully saturated rings. The standard InChI is InChI=1S/C11H16N2O2/c1-8(2)7-13(11(14)15)10-5-3-9(12)4-6-10/h3-6,8H,7,12H2,1-2H3,(H,14,15). The van der Waals surface area contributed by atoms with Crippen LogP contribution in [0.2, 0.25) is 0 Å². The SMILES string of the molecule is CC(C)CN(C(=O)O)c1ccc(N)cc1. The predicted octanol–water partition coefficient (Wildman–Crippen LogP) is 2.41. The third-order valence-corrected chi connectivity index (χ3v) is 1.98. The Morgan fingerprint density at radius 2 is 1.93 bits per heavy atom. The smallest absolute Gasteiger partial charge is 0.411 e. The molecule has 0 saturated heterocycles. The molecule has 1 aromatic carbocycles. The van der Waals surface area contributed by atoms with Crippen molar-refractivity contribution >= 4 is 17.5 Å². The fourth-order valence-corrected chi connectivity index (χ4v) is 1.31. The zero-order valence-corrected chi connectivity index (χ0v) is 8.97. The van der Waals surface area contributed by atoms with Crippen molar-refractivity contribution in [2.45, 2.75) is 13.8 Å². The van der Waals surface area contributed by atoms with Gasteiger partial charge in [-0.1, -0.05) is 13.8 Å². The lowest BCUT2D eigenvalue weighted by molar-refractivity contribution is 0.201. The van der Waals surface area contributed by atoms with Crippen LogP contribution >= 0.6 is 0 Å². The first-order chi connectivity index (χ1) is 7.00. The van der Waals surface area contributed by atoms with Crippen molar-refractivity contribution < 1.29 is 9.90 Å². The van der Waals surface area contributed by atoms with Crippen LogP contribution in [0.3, 0.4) is 0 Å². The van der Waals surface area contributed by atoms with Gasteiger partial charge in [0.1, 0.15) is 0 Å². The fraction of sp³-hybridized carbons (Fsp3) is 0.364. The van der Waals surface area contributed by atoms with E-state index in [9.17, 15) is 4.79 Å². The Kier molecular flexibility index (Phi) is 3.55. The average Bonchev–Trinajstić information content (AvgIpc) is 2.15. The number of nitrogen functional groups attached to an aromatic ring is 1. The molecule has 0 aliphatic heterocycles. The van der Waals surface area contributed by atoms with Crippen molar-refractivity contribution in [3.8, 4) is 0 Å². The van der Waals surface area contributed by atoms with Gasteiger partial charge in [0.15, 0.2) is 0 Å². The lowest BCUT2D eigenvalue weighted by Gasteiger charge is -2.21. The van der Waals surface area contributed by atoms with Gasteiger partial charge in [0, 0.05) is 17.9 Å². The maximum Gasteiger partial charge on any atom is 0.411 e. The number of carboxylic acid groups (broad SMARTS) is 1. The quantitative estimate of drug-likeness (QED) is 0.749. The van der Waals surface area contributed by atoms with Crippen LogP contribution in [0.5, 0.6) is 0 Å². The van der Waals surface area contributed by atoms with E-state index >= 15 is 0 Å². The third kappa shape index (κ3) is 3.16. The van der Waals surface area contributed by atoms with Gasteiger partial charge in [0.2, 0.25) is 0 Å². The molecule has 1 aromatic rings. The molecule has 82 valence electrons. The lowest BCUT2D eigenvalue weighted by atomic mass is 10.2. The Bertz CT molecular complexity index is 333. The topological polar surface area (TPSA) is 66.6 Å². The van der Waals surface area contributed by atoms with Crippen molar-refractivity contribution in [2.24, 2.45) is 5.92 Å². The average molecular weight is 208 g/mol. The Morgan fingerprint density at radius 1 is 1.40 bits per heavy atom. The summed E-state index contributed by atoms with van der Waals surface area (Å²) in [5.41, 5.74) is 6.83. The second-order valence-corrected chi connectivity index (χ2v) is 3.88. The molecule has 0 heterocycles. The highest BCUT2D eigenvalue weighted by Crippen LogP contribution is 2.17. The molecule has 0 atom stereocenters. The Labute approximate surface area is 89.3 Å². The molecule has 0 spiro atoms. The number of hydrogen-bond donors (Lipinski definition) is 2. The van der Waals surface area contributed by atoms with Crippen LogP contribution in [0.4, 0.5) is 16.2 Å². The van der Waals surface area contributed by atoms with Crippen LogP contribution < -0.4 is 10.6 Å². The first-order valence-corrected chi connectivity index (χ1v) is 4.86. The normalized spacial score (nSPS) is 10.3. The number of nitrogens with two attached hydrogens (primary N) is 1. The van der Waals surface area contributed by atoms with Crippen molar-refractivity contribution in [3.05, 3.63) is 24.3 Å². The summed E-state index contributed by atoms with van der Waals surface area (Å²) in [5.74, 6) is 0.290. The van der Waals surface area contributed by atoms with Crippen molar-refractivity contribution in [2.75, 3.05) is 17.2 Å². The van der Waals surface area contributed by atoms with Gasteiger partial charge >= 0.3 is 6.09 Å². The van der Waals surface area contributed by atoms with E-state index < -0.39 is 6.09 Å². The molecule has 3 N–H and O–H groups in total. The number of hydrogen-bond acceptors (Lipinski definition) is 2. The number of carbonyl (C=O) groups is 1. The van der Waals surface area contributed by atoms with E-state index in [1.165, 1.54) is 4.90 Å². The Balaban J connectivity index is 2.89. The maximum atomic E-state index is 11.0. The van der Waals surface area contributed by atoms with Gasteiger partial charge < -0.3 is 10.8 Å². The molecule has 0 aliphatic carbocycles. The van der Waals surface area contributed by atoms with Crippen molar-refractivity contribution in [3.63, 3.8) is 0 Å². The van der Waals surface area contributed by atoms with Crippen LogP contribution in [0.15, 0.2) is 24.3 Å². The van der Waals surface area contributed by atoms with Gasteiger partial charge in [-0.15, -0.1) is 0 Å². The Morgan fingerprint density at radius 3 is 2.33 bits per heavy atom. The minimum Gasteiger partial charge on any atom is -0.465 e. The summed E-state index contributed by atoms with van der Waals surface area (Å²) in [6, 6.07) is 6.83. The van der Waals surface area contributed by atoms with E-state index in [-0.39, 0.29) is 0 Å². The number of benzene rings is 1. The van der Waals surface area contributed by atoms with Gasteiger partial charge in [-0.3, -0.25) is 4.90 Å². The molecular formula is C11H16N2O2. The Hall–Kier alpha value is -1.71. The number of amides is 1. The molecule has 0 unspecified atom stereocenters. The highest BCUT2D eigenvalue weighted by atomic mass is 16.4. The molecule has 0 bridgehead atoms. The molecule has 15 heavy (non-hydrogen) atoms. The fourth-order valence-electron chi connectivity index (χ4n) is 1.31. The predicted molar refractivity (Wildman–Crippen MR) is 61.1 cm³/mol. The van der Waals surface area contributed by atoms with E-state index in [0.717, 1.165) is 0 Å².